The molecule has 0 bridgehead atoms. The van der Waals surface area contributed by atoms with Crippen LogP contribution in [0, 0.1) is 0 Å². The maximum atomic E-state index is 11.4. The molecule has 1 aromatic rings. The van der Waals surface area contributed by atoms with Crippen LogP contribution in [-0.2, 0) is 9.53 Å². The summed E-state index contributed by atoms with van der Waals surface area (Å²) in [6, 6.07) is 6.53. The van der Waals surface area contributed by atoms with Crippen LogP contribution >= 0.6 is 0 Å². The number of esters is 1. The standard InChI is InChI=1S/C10H11NO3/c1-7(12)14-6-10(13)8-3-2-4-9(11)5-8/h2-5H,6,11H2,1H3. The fourth-order valence-corrected chi connectivity index (χ4v) is 0.963. The molecule has 4 nitrogen and oxygen atoms in total. The van der Waals surface area contributed by atoms with Crippen molar-refractivity contribution in [3.05, 3.63) is 29.8 Å². The molecule has 0 radical (unpaired) electrons. The molecule has 2 N–H and O–H groups in total. The highest BCUT2D eigenvalue weighted by Crippen LogP contribution is 2.07. The van der Waals surface area contributed by atoms with Crippen LogP contribution in [-0.4, -0.2) is 18.4 Å². The number of anilines is 1. The molecule has 74 valence electrons. The molecule has 0 aliphatic carbocycles. The number of carbonyl (C=O) groups is 2. The largest absolute Gasteiger partial charge is 0.457 e. The van der Waals surface area contributed by atoms with Gasteiger partial charge in [0.15, 0.2) is 12.4 Å². The van der Waals surface area contributed by atoms with Gasteiger partial charge in [-0.2, -0.15) is 0 Å². The Morgan fingerprint density at radius 2 is 2.14 bits per heavy atom. The molecule has 0 aliphatic heterocycles. The Kier molecular flexibility index (Phi) is 3.23. The summed E-state index contributed by atoms with van der Waals surface area (Å²) in [6.07, 6.45) is 0. The quantitative estimate of drug-likeness (QED) is 0.442. The summed E-state index contributed by atoms with van der Waals surface area (Å²) in [5.41, 5.74) is 6.46. The summed E-state index contributed by atoms with van der Waals surface area (Å²) in [5, 5.41) is 0. The first-order chi connectivity index (χ1) is 6.59. The van der Waals surface area contributed by atoms with Gasteiger partial charge in [-0.3, -0.25) is 9.59 Å². The normalized spacial score (nSPS) is 9.50. The van der Waals surface area contributed by atoms with E-state index in [0.717, 1.165) is 0 Å². The van der Waals surface area contributed by atoms with Crippen molar-refractivity contribution in [2.24, 2.45) is 0 Å². The van der Waals surface area contributed by atoms with Crippen LogP contribution in [0.25, 0.3) is 0 Å². The van der Waals surface area contributed by atoms with Gasteiger partial charge in [0, 0.05) is 18.2 Å². The number of rotatable bonds is 3. The van der Waals surface area contributed by atoms with E-state index in [1.807, 2.05) is 0 Å². The van der Waals surface area contributed by atoms with Crippen LogP contribution in [0.3, 0.4) is 0 Å². The fraction of sp³-hybridized carbons (Fsp3) is 0.200. The Labute approximate surface area is 81.7 Å². The zero-order chi connectivity index (χ0) is 10.6. The number of hydrogen-bond acceptors (Lipinski definition) is 4. The van der Waals surface area contributed by atoms with Crippen molar-refractivity contribution in [1.82, 2.24) is 0 Å². The van der Waals surface area contributed by atoms with E-state index in [1.54, 1.807) is 24.3 Å². The molecule has 4 heteroatoms. The summed E-state index contributed by atoms with van der Waals surface area (Å²) < 4.78 is 4.57. The first-order valence-electron chi connectivity index (χ1n) is 4.11. The maximum absolute atomic E-state index is 11.4. The van der Waals surface area contributed by atoms with Gasteiger partial charge in [0.25, 0.3) is 0 Å². The third-order valence-electron chi connectivity index (χ3n) is 1.62. The zero-order valence-electron chi connectivity index (χ0n) is 7.82. The Balaban J connectivity index is 2.65. The van der Waals surface area contributed by atoms with Crippen molar-refractivity contribution < 1.29 is 14.3 Å². The van der Waals surface area contributed by atoms with Crippen LogP contribution in [0.2, 0.25) is 0 Å². The molecule has 0 fully saturated rings. The molecule has 0 unspecified atom stereocenters. The van der Waals surface area contributed by atoms with E-state index >= 15 is 0 Å². The van der Waals surface area contributed by atoms with Crippen molar-refractivity contribution in [2.75, 3.05) is 12.3 Å². The number of benzene rings is 1. The average Bonchev–Trinajstić information content (AvgIpc) is 2.14. The van der Waals surface area contributed by atoms with Crippen LogP contribution in [0.15, 0.2) is 24.3 Å². The Morgan fingerprint density at radius 1 is 1.43 bits per heavy atom. The van der Waals surface area contributed by atoms with E-state index in [-0.39, 0.29) is 12.4 Å². The number of hydrogen-bond donors (Lipinski definition) is 1. The number of nitrogens with two attached hydrogens (primary N) is 1. The first kappa shape index (κ1) is 10.2. The summed E-state index contributed by atoms with van der Waals surface area (Å²) >= 11 is 0. The van der Waals surface area contributed by atoms with E-state index in [2.05, 4.69) is 4.74 Å². The van der Waals surface area contributed by atoms with Gasteiger partial charge in [-0.15, -0.1) is 0 Å². The van der Waals surface area contributed by atoms with Crippen LogP contribution in [0.4, 0.5) is 5.69 Å². The number of carbonyl (C=O) groups excluding carboxylic acids is 2. The van der Waals surface area contributed by atoms with Crippen LogP contribution in [0.5, 0.6) is 0 Å². The van der Waals surface area contributed by atoms with E-state index in [1.165, 1.54) is 6.92 Å². The smallest absolute Gasteiger partial charge is 0.303 e. The molecular weight excluding hydrogens is 182 g/mol. The van der Waals surface area contributed by atoms with E-state index in [4.69, 9.17) is 5.73 Å². The van der Waals surface area contributed by atoms with Crippen molar-refractivity contribution >= 4 is 17.4 Å². The first-order valence-corrected chi connectivity index (χ1v) is 4.11. The SMILES string of the molecule is CC(=O)OCC(=O)c1cccc(N)c1. The van der Waals surface area contributed by atoms with Crippen molar-refractivity contribution in [2.45, 2.75) is 6.92 Å². The van der Waals surface area contributed by atoms with Crippen LogP contribution < -0.4 is 5.73 Å². The van der Waals surface area contributed by atoms with Crippen molar-refractivity contribution in [3.63, 3.8) is 0 Å². The van der Waals surface area contributed by atoms with Gasteiger partial charge in [0.05, 0.1) is 0 Å². The Hall–Kier alpha value is -1.84. The highest BCUT2D eigenvalue weighted by molar-refractivity contribution is 5.98. The van der Waals surface area contributed by atoms with Gasteiger partial charge in [0.1, 0.15) is 0 Å². The second-order valence-electron chi connectivity index (χ2n) is 2.83. The molecule has 14 heavy (non-hydrogen) atoms. The van der Waals surface area contributed by atoms with E-state index in [0.29, 0.717) is 11.3 Å². The second kappa shape index (κ2) is 4.41. The summed E-state index contributed by atoms with van der Waals surface area (Å²) in [7, 11) is 0. The highest BCUT2D eigenvalue weighted by Gasteiger charge is 2.07. The number of nitrogen functional groups attached to an aromatic ring is 1. The second-order valence-corrected chi connectivity index (χ2v) is 2.83. The topological polar surface area (TPSA) is 69.4 Å². The zero-order valence-corrected chi connectivity index (χ0v) is 7.82. The molecule has 1 rings (SSSR count). The maximum Gasteiger partial charge on any atom is 0.303 e. The van der Waals surface area contributed by atoms with Gasteiger partial charge in [0.2, 0.25) is 0 Å². The molecule has 1 aromatic carbocycles. The fourth-order valence-electron chi connectivity index (χ4n) is 0.963. The molecule has 0 spiro atoms. The molecule has 0 aliphatic rings. The minimum Gasteiger partial charge on any atom is -0.457 e. The lowest BCUT2D eigenvalue weighted by Gasteiger charge is -2.01. The van der Waals surface area contributed by atoms with Gasteiger partial charge in [-0.25, -0.2) is 0 Å². The minimum atomic E-state index is -0.470. The average molecular weight is 193 g/mol. The van der Waals surface area contributed by atoms with Crippen molar-refractivity contribution in [1.29, 1.82) is 0 Å². The van der Waals surface area contributed by atoms with Crippen molar-refractivity contribution in [3.8, 4) is 0 Å². The Morgan fingerprint density at radius 3 is 2.71 bits per heavy atom. The van der Waals surface area contributed by atoms with Gasteiger partial charge in [-0.1, -0.05) is 12.1 Å². The molecular formula is C10H11NO3. The molecule has 0 aromatic heterocycles. The van der Waals surface area contributed by atoms with Gasteiger partial charge < -0.3 is 10.5 Å². The number of Topliss-reactive ketones (excluding diaryl/α,β-unsaturated/α-hetero) is 1. The summed E-state index contributed by atoms with van der Waals surface area (Å²) in [4.78, 5) is 21.8. The molecule has 0 atom stereocenters. The lowest BCUT2D eigenvalue weighted by molar-refractivity contribution is -0.139. The van der Waals surface area contributed by atoms with Gasteiger partial charge in [-0.05, 0) is 12.1 Å². The highest BCUT2D eigenvalue weighted by atomic mass is 16.5. The number of ketones is 1. The molecule has 0 saturated carbocycles. The summed E-state index contributed by atoms with van der Waals surface area (Å²) in [6.45, 7) is 1.02. The lowest BCUT2D eigenvalue weighted by Crippen LogP contribution is -2.11. The van der Waals surface area contributed by atoms with Gasteiger partial charge >= 0.3 is 5.97 Å². The molecule has 0 heterocycles. The summed E-state index contributed by atoms with van der Waals surface area (Å²) in [5.74, 6) is -0.727. The van der Waals surface area contributed by atoms with E-state index in [9.17, 15) is 9.59 Å². The third kappa shape index (κ3) is 2.90. The Bertz CT molecular complexity index is 360. The van der Waals surface area contributed by atoms with E-state index < -0.39 is 5.97 Å². The molecule has 0 amide bonds. The predicted octanol–water partition coefficient (Wildman–Crippen LogP) is 1.01. The monoisotopic (exact) mass is 193 g/mol. The third-order valence-corrected chi connectivity index (χ3v) is 1.62. The minimum absolute atomic E-state index is 0.237. The molecule has 0 saturated heterocycles. The number of ether oxygens (including phenoxy) is 1. The van der Waals surface area contributed by atoms with Crippen LogP contribution in [0.1, 0.15) is 17.3 Å². The predicted molar refractivity (Wildman–Crippen MR) is 51.8 cm³/mol. The lowest BCUT2D eigenvalue weighted by atomic mass is 10.1.